The third-order valence-electron chi connectivity index (χ3n) is 5.09. The van der Waals surface area contributed by atoms with Gasteiger partial charge in [-0.15, -0.1) is 0 Å². The molecule has 2 N–H and O–H groups in total. The first-order valence-electron chi connectivity index (χ1n) is 11.2. The van der Waals surface area contributed by atoms with E-state index in [0.717, 1.165) is 22.1 Å². The molecular formula is C28H25N3O4. The summed E-state index contributed by atoms with van der Waals surface area (Å²) in [5.41, 5.74) is 4.51. The summed E-state index contributed by atoms with van der Waals surface area (Å²) in [4.78, 5) is 24.5. The number of carbonyl (C=O) groups is 2. The van der Waals surface area contributed by atoms with Gasteiger partial charge in [0, 0.05) is 11.3 Å². The highest BCUT2D eigenvalue weighted by molar-refractivity contribution is 5.99. The molecule has 0 saturated carbocycles. The molecule has 0 spiro atoms. The Bertz CT molecular complexity index is 1330. The van der Waals surface area contributed by atoms with Crippen LogP contribution in [-0.2, 0) is 4.79 Å². The SMILES string of the molecule is CCOc1ccc(NC(=O)COc2ccc(/C=N\NC(=O)c3ccc4ccccc4c3)cc2)cc1. The second-order valence-corrected chi connectivity index (χ2v) is 7.62. The Kier molecular flexibility index (Phi) is 7.70. The first kappa shape index (κ1) is 23.5. The summed E-state index contributed by atoms with van der Waals surface area (Å²) in [6.07, 6.45) is 1.54. The molecule has 0 aromatic heterocycles. The van der Waals surface area contributed by atoms with Crippen LogP contribution in [0.25, 0.3) is 10.8 Å². The number of amides is 2. The van der Waals surface area contributed by atoms with Gasteiger partial charge >= 0.3 is 0 Å². The molecule has 2 amide bonds. The van der Waals surface area contributed by atoms with E-state index in [2.05, 4.69) is 15.8 Å². The highest BCUT2D eigenvalue weighted by Gasteiger charge is 2.06. The summed E-state index contributed by atoms with van der Waals surface area (Å²) in [6.45, 7) is 2.38. The molecule has 0 aliphatic carbocycles. The average molecular weight is 468 g/mol. The lowest BCUT2D eigenvalue weighted by Gasteiger charge is -2.09. The van der Waals surface area contributed by atoms with E-state index in [0.29, 0.717) is 23.6 Å². The van der Waals surface area contributed by atoms with Crippen LogP contribution in [0.15, 0.2) is 96.1 Å². The van der Waals surface area contributed by atoms with Gasteiger partial charge in [0.2, 0.25) is 0 Å². The van der Waals surface area contributed by atoms with Crippen LogP contribution in [0.2, 0.25) is 0 Å². The smallest absolute Gasteiger partial charge is 0.271 e. The fraction of sp³-hybridized carbons (Fsp3) is 0.107. The Morgan fingerprint density at radius 3 is 2.26 bits per heavy atom. The average Bonchev–Trinajstić information content (AvgIpc) is 2.89. The van der Waals surface area contributed by atoms with Gasteiger partial charge in [0.1, 0.15) is 11.5 Å². The van der Waals surface area contributed by atoms with Crippen LogP contribution in [-0.4, -0.2) is 31.2 Å². The van der Waals surface area contributed by atoms with E-state index in [1.807, 2.05) is 43.3 Å². The number of nitrogens with zero attached hydrogens (tertiary/aromatic N) is 1. The van der Waals surface area contributed by atoms with Crippen LogP contribution in [0.4, 0.5) is 5.69 Å². The van der Waals surface area contributed by atoms with Crippen molar-refractivity contribution < 1.29 is 19.1 Å². The third kappa shape index (κ3) is 6.68. The van der Waals surface area contributed by atoms with Crippen molar-refractivity contribution in [2.45, 2.75) is 6.92 Å². The first-order valence-corrected chi connectivity index (χ1v) is 11.2. The molecule has 0 aliphatic heterocycles. The molecule has 35 heavy (non-hydrogen) atoms. The van der Waals surface area contributed by atoms with Gasteiger partial charge in [0.05, 0.1) is 12.8 Å². The Morgan fingerprint density at radius 1 is 0.829 bits per heavy atom. The van der Waals surface area contributed by atoms with E-state index < -0.39 is 0 Å². The Morgan fingerprint density at radius 2 is 1.51 bits per heavy atom. The fourth-order valence-corrected chi connectivity index (χ4v) is 3.36. The predicted octanol–water partition coefficient (Wildman–Crippen LogP) is 5.02. The second kappa shape index (κ2) is 11.5. The number of hydrogen-bond donors (Lipinski definition) is 2. The summed E-state index contributed by atoms with van der Waals surface area (Å²) in [7, 11) is 0. The molecular weight excluding hydrogens is 442 g/mol. The lowest BCUT2D eigenvalue weighted by molar-refractivity contribution is -0.118. The Balaban J connectivity index is 1.24. The first-order chi connectivity index (χ1) is 17.1. The zero-order chi connectivity index (χ0) is 24.5. The molecule has 4 aromatic carbocycles. The number of ether oxygens (including phenoxy) is 2. The summed E-state index contributed by atoms with van der Waals surface area (Å²) in [6, 6.07) is 27.5. The van der Waals surface area contributed by atoms with Gasteiger partial charge < -0.3 is 14.8 Å². The van der Waals surface area contributed by atoms with Crippen molar-refractivity contribution in [2.24, 2.45) is 5.10 Å². The fourth-order valence-electron chi connectivity index (χ4n) is 3.36. The molecule has 0 atom stereocenters. The van der Waals surface area contributed by atoms with Crippen molar-refractivity contribution in [1.29, 1.82) is 0 Å². The van der Waals surface area contributed by atoms with Gasteiger partial charge in [-0.2, -0.15) is 5.10 Å². The van der Waals surface area contributed by atoms with Gasteiger partial charge in [0.25, 0.3) is 11.8 Å². The van der Waals surface area contributed by atoms with Crippen molar-refractivity contribution in [2.75, 3.05) is 18.5 Å². The summed E-state index contributed by atoms with van der Waals surface area (Å²) < 4.78 is 10.9. The van der Waals surface area contributed by atoms with E-state index in [4.69, 9.17) is 9.47 Å². The number of nitrogens with one attached hydrogen (secondary N) is 2. The van der Waals surface area contributed by atoms with Crippen LogP contribution in [0.1, 0.15) is 22.8 Å². The molecule has 4 aromatic rings. The number of benzene rings is 4. The van der Waals surface area contributed by atoms with Crippen LogP contribution in [0, 0.1) is 0 Å². The largest absolute Gasteiger partial charge is 0.494 e. The number of fused-ring (bicyclic) bond motifs is 1. The third-order valence-corrected chi connectivity index (χ3v) is 5.09. The van der Waals surface area contributed by atoms with E-state index in [1.165, 1.54) is 0 Å². The highest BCUT2D eigenvalue weighted by Crippen LogP contribution is 2.17. The summed E-state index contributed by atoms with van der Waals surface area (Å²) in [5.74, 6) is 0.740. The predicted molar refractivity (Wildman–Crippen MR) is 137 cm³/mol. The molecule has 0 bridgehead atoms. The summed E-state index contributed by atoms with van der Waals surface area (Å²) >= 11 is 0. The Hall–Kier alpha value is -4.65. The van der Waals surface area contributed by atoms with Crippen molar-refractivity contribution in [1.82, 2.24) is 5.43 Å². The van der Waals surface area contributed by atoms with Crippen LogP contribution >= 0.6 is 0 Å². The molecule has 7 nitrogen and oxygen atoms in total. The highest BCUT2D eigenvalue weighted by atomic mass is 16.5. The lowest BCUT2D eigenvalue weighted by Crippen LogP contribution is -2.20. The van der Waals surface area contributed by atoms with Gasteiger partial charge in [-0.1, -0.05) is 30.3 Å². The van der Waals surface area contributed by atoms with Crippen molar-refractivity contribution in [3.8, 4) is 11.5 Å². The standard InChI is InChI=1S/C28H25N3O4/c1-2-34-25-15-11-24(12-16-25)30-27(32)19-35-26-13-7-20(8-14-26)18-29-31-28(33)23-10-9-21-5-3-4-6-22(21)17-23/h3-18H,2,19H2,1H3,(H,30,32)(H,31,33)/b29-18-. The molecule has 0 radical (unpaired) electrons. The molecule has 0 aliphatic rings. The molecule has 0 heterocycles. The monoisotopic (exact) mass is 467 g/mol. The number of rotatable bonds is 9. The number of anilines is 1. The maximum absolute atomic E-state index is 12.4. The van der Waals surface area contributed by atoms with Crippen LogP contribution in [0.3, 0.4) is 0 Å². The topological polar surface area (TPSA) is 89.0 Å². The number of hydrazone groups is 1. The van der Waals surface area contributed by atoms with E-state index in [-0.39, 0.29) is 18.4 Å². The molecule has 176 valence electrons. The lowest BCUT2D eigenvalue weighted by atomic mass is 10.1. The zero-order valence-electron chi connectivity index (χ0n) is 19.2. The van der Waals surface area contributed by atoms with Crippen LogP contribution in [0.5, 0.6) is 11.5 Å². The Labute approximate surface area is 203 Å². The maximum atomic E-state index is 12.4. The van der Waals surface area contributed by atoms with Crippen molar-refractivity contribution in [3.05, 3.63) is 102 Å². The molecule has 7 heteroatoms. The molecule has 0 saturated heterocycles. The second-order valence-electron chi connectivity index (χ2n) is 7.62. The minimum Gasteiger partial charge on any atom is -0.494 e. The molecule has 0 unspecified atom stereocenters. The van der Waals surface area contributed by atoms with E-state index in [1.54, 1.807) is 60.8 Å². The van der Waals surface area contributed by atoms with E-state index in [9.17, 15) is 9.59 Å². The number of carbonyl (C=O) groups excluding carboxylic acids is 2. The normalized spacial score (nSPS) is 10.8. The minimum absolute atomic E-state index is 0.123. The number of hydrogen-bond acceptors (Lipinski definition) is 5. The molecule has 4 rings (SSSR count). The zero-order valence-corrected chi connectivity index (χ0v) is 19.2. The quantitative estimate of drug-likeness (QED) is 0.267. The summed E-state index contributed by atoms with van der Waals surface area (Å²) in [5, 5.41) is 8.87. The molecule has 0 fully saturated rings. The van der Waals surface area contributed by atoms with E-state index >= 15 is 0 Å². The van der Waals surface area contributed by atoms with Gasteiger partial charge in [-0.25, -0.2) is 5.43 Å². The minimum atomic E-state index is -0.287. The van der Waals surface area contributed by atoms with Crippen LogP contribution < -0.4 is 20.2 Å². The van der Waals surface area contributed by atoms with Crippen molar-refractivity contribution in [3.63, 3.8) is 0 Å². The van der Waals surface area contributed by atoms with Gasteiger partial charge in [-0.05, 0) is 83.9 Å². The van der Waals surface area contributed by atoms with Crippen molar-refractivity contribution >= 4 is 34.5 Å². The maximum Gasteiger partial charge on any atom is 0.271 e. The van der Waals surface area contributed by atoms with Gasteiger partial charge in [0.15, 0.2) is 6.61 Å². The van der Waals surface area contributed by atoms with Gasteiger partial charge in [-0.3, -0.25) is 9.59 Å².